The van der Waals surface area contributed by atoms with Gasteiger partial charge in [0.15, 0.2) is 5.78 Å². The van der Waals surface area contributed by atoms with E-state index in [9.17, 15) is 39.0 Å². The lowest BCUT2D eigenvalue weighted by Gasteiger charge is -2.42. The van der Waals surface area contributed by atoms with Crippen LogP contribution in [-0.4, -0.2) is 215 Å². The lowest BCUT2D eigenvalue weighted by atomic mass is 9.81. The Labute approximate surface area is 486 Å². The van der Waals surface area contributed by atoms with Gasteiger partial charge in [-0.25, -0.2) is 9.59 Å². The second kappa shape index (κ2) is 32.9. The number of hydrogen-bond acceptors (Lipinski definition) is 18. The first-order valence-electron chi connectivity index (χ1n) is 30.2. The highest BCUT2D eigenvalue weighted by Gasteiger charge is 2.53. The van der Waals surface area contributed by atoms with Gasteiger partial charge in [-0.3, -0.25) is 24.1 Å². The number of nitrogens with zero attached hydrogens (tertiary/aromatic N) is 3. The Morgan fingerprint density at radius 2 is 1.56 bits per heavy atom. The number of amides is 2. The molecule has 6 aliphatic rings. The molecule has 5 heterocycles. The highest BCUT2D eigenvalue weighted by atomic mass is 16.6. The number of rotatable bonds is 14. The highest BCUT2D eigenvalue weighted by Crippen LogP contribution is 2.38. The second-order valence-electron chi connectivity index (χ2n) is 23.9. The van der Waals surface area contributed by atoms with Gasteiger partial charge in [0.2, 0.25) is 5.79 Å². The molecule has 1 unspecified atom stereocenters. The molecule has 1 saturated carbocycles. The quantitative estimate of drug-likeness (QED) is 0.0861. The van der Waals surface area contributed by atoms with Crippen LogP contribution in [0.3, 0.4) is 0 Å². The maximum atomic E-state index is 14.6. The third-order valence-corrected chi connectivity index (χ3v) is 17.6. The van der Waals surface area contributed by atoms with E-state index in [1.807, 2.05) is 51.2 Å². The summed E-state index contributed by atoms with van der Waals surface area (Å²) in [6, 6.07) is -1.18. The van der Waals surface area contributed by atoms with Gasteiger partial charge in [0.1, 0.15) is 42.3 Å². The SMILES string of the molecule is CO[C@@H]1C[C@H](CC[C@@H]2CC(=O)[C@H](C)/C=C(\C)[C@@H](O)[C@@H](OC)C(=O)[C@H](C)C[C@H](C)/C=C/C=C/C=C(\C)C(OCCOC3COC3)C[C@@H]3CC[C@@H](C)[C@@](O)(O3)C(=O)C(=O)N3CCCC[C@H]3C(=O)O2)CC[C@H]1OC(=O)N(C)CCN1CCOCC1. The summed E-state index contributed by atoms with van der Waals surface area (Å²) in [7, 11) is 4.69. The number of Topliss-reactive ketones (excluding diaryl/α,β-unsaturated/α-hetero) is 3. The fourth-order valence-corrected chi connectivity index (χ4v) is 12.0. The minimum absolute atomic E-state index is 0.00955. The lowest BCUT2D eigenvalue weighted by Crippen LogP contribution is -2.60. The molecule has 0 radical (unpaired) electrons. The standard InChI is InChI=1S/C62H97N3O17/c1-40-15-11-10-12-16-41(2)53(79-32-31-78-49-38-77-39-49)37-48-21-18-45(6)62(73,82-48)58(69)59(70)65-24-14-13-17-50(65)60(71)80-47(36-51(66)42(3)34-44(5)56(68)57(75-9)55(67)43(4)33-40)22-19-46-20-23-52(54(35-46)74-8)81-61(72)63(7)25-26-64-27-29-76-30-28-64/h10-12,15-16,34,40,42-43,45-50,52-54,56-57,68,73H,13-14,17-33,35-39H2,1-9H3/b12-10+,15-11+,41-16+,44-34+/t40-,42-,43-,45-,46-,47-,48+,50+,52-,53?,54-,56-,57+,62-/m1/s1. The third kappa shape index (κ3) is 19.1. The normalized spacial score (nSPS) is 36.4. The predicted octanol–water partition coefficient (Wildman–Crippen LogP) is 6.13. The van der Waals surface area contributed by atoms with Crippen LogP contribution in [0.15, 0.2) is 47.6 Å². The summed E-state index contributed by atoms with van der Waals surface area (Å²) in [6.07, 6.45) is 10.4. The minimum atomic E-state index is -2.49. The van der Waals surface area contributed by atoms with Crippen molar-refractivity contribution in [3.8, 4) is 0 Å². The van der Waals surface area contributed by atoms with Gasteiger partial charge in [-0.05, 0) is 107 Å². The average molecular weight is 1160 g/mol. The smallest absolute Gasteiger partial charge is 0.409 e. The number of fused-ring (bicyclic) bond motifs is 3. The maximum Gasteiger partial charge on any atom is 0.409 e. The van der Waals surface area contributed by atoms with Crippen LogP contribution in [0.5, 0.6) is 0 Å². The molecule has 5 aliphatic heterocycles. The van der Waals surface area contributed by atoms with E-state index in [4.69, 9.17) is 42.6 Å². The topological polar surface area (TPSA) is 236 Å². The zero-order valence-corrected chi connectivity index (χ0v) is 50.4. The largest absolute Gasteiger partial charge is 0.460 e. The maximum absolute atomic E-state index is 14.6. The van der Waals surface area contributed by atoms with Gasteiger partial charge < -0.3 is 62.6 Å². The van der Waals surface area contributed by atoms with E-state index in [1.165, 1.54) is 12.0 Å². The van der Waals surface area contributed by atoms with Crippen LogP contribution < -0.4 is 0 Å². The van der Waals surface area contributed by atoms with E-state index in [0.717, 1.165) is 18.7 Å². The number of piperidine rings is 1. The van der Waals surface area contributed by atoms with Crippen LogP contribution in [0.1, 0.15) is 125 Å². The molecule has 2 N–H and O–H groups in total. The number of hydrogen-bond donors (Lipinski definition) is 2. The van der Waals surface area contributed by atoms with Crippen molar-refractivity contribution >= 4 is 35.3 Å². The zero-order valence-electron chi connectivity index (χ0n) is 50.4. The Morgan fingerprint density at radius 3 is 2.27 bits per heavy atom. The molecule has 6 rings (SSSR count). The molecular weight excluding hydrogens is 1060 g/mol. The number of carbonyl (C=O) groups is 6. The van der Waals surface area contributed by atoms with Gasteiger partial charge in [0.05, 0.1) is 58.0 Å². The lowest BCUT2D eigenvalue weighted by molar-refractivity contribution is -0.266. The van der Waals surface area contributed by atoms with Gasteiger partial charge in [-0.1, -0.05) is 64.2 Å². The van der Waals surface area contributed by atoms with Gasteiger partial charge in [0, 0.05) is 84.6 Å². The summed E-state index contributed by atoms with van der Waals surface area (Å²) in [5.41, 5.74) is 1.22. The molecule has 0 aromatic rings. The van der Waals surface area contributed by atoms with Gasteiger partial charge >= 0.3 is 12.1 Å². The van der Waals surface area contributed by atoms with Crippen molar-refractivity contribution in [1.82, 2.24) is 14.7 Å². The monoisotopic (exact) mass is 1160 g/mol. The number of methoxy groups -OCH3 is 2. The molecule has 0 aromatic heterocycles. The van der Waals surface area contributed by atoms with E-state index in [-0.39, 0.29) is 68.3 Å². The van der Waals surface area contributed by atoms with Crippen molar-refractivity contribution in [3.63, 3.8) is 0 Å². The fourth-order valence-electron chi connectivity index (χ4n) is 12.0. The number of likely N-dealkylation sites (N-methyl/N-ethyl adjacent to an activating group) is 1. The number of morpholine rings is 1. The molecule has 20 heteroatoms. The van der Waals surface area contributed by atoms with E-state index in [2.05, 4.69) is 4.90 Å². The van der Waals surface area contributed by atoms with Gasteiger partial charge in [-0.15, -0.1) is 0 Å². The molecule has 20 nitrogen and oxygen atoms in total. The number of aliphatic hydroxyl groups excluding tert-OH is 1. The Hall–Kier alpha value is -4.22. The number of esters is 1. The van der Waals surface area contributed by atoms with Crippen molar-refractivity contribution in [2.75, 3.05) is 93.6 Å². The summed E-state index contributed by atoms with van der Waals surface area (Å²) >= 11 is 0. The van der Waals surface area contributed by atoms with Crippen molar-refractivity contribution in [2.24, 2.45) is 29.6 Å². The van der Waals surface area contributed by atoms with E-state index < -0.39 is 96.1 Å². The summed E-state index contributed by atoms with van der Waals surface area (Å²) in [4.78, 5) is 90.1. The highest BCUT2D eigenvalue weighted by molar-refractivity contribution is 6.39. The van der Waals surface area contributed by atoms with Gasteiger partial charge in [-0.2, -0.15) is 0 Å². The minimum Gasteiger partial charge on any atom is -0.460 e. The van der Waals surface area contributed by atoms with Crippen molar-refractivity contribution < 1.29 is 81.6 Å². The Kier molecular flexibility index (Phi) is 26.8. The Morgan fingerprint density at radius 1 is 0.817 bits per heavy atom. The number of allylic oxidation sites excluding steroid dienone is 6. The van der Waals surface area contributed by atoms with E-state index in [0.29, 0.717) is 109 Å². The molecule has 4 saturated heterocycles. The fraction of sp³-hybridized carbons (Fsp3) is 0.774. The molecule has 5 fully saturated rings. The first-order chi connectivity index (χ1) is 39.2. The van der Waals surface area contributed by atoms with Crippen LogP contribution in [0.2, 0.25) is 0 Å². The summed E-state index contributed by atoms with van der Waals surface area (Å²) in [6.45, 7) is 16.6. The molecule has 1 aliphatic carbocycles. The third-order valence-electron chi connectivity index (χ3n) is 17.6. The summed E-state index contributed by atoms with van der Waals surface area (Å²) < 4.78 is 53.1. The number of cyclic esters (lactones) is 1. The molecular formula is C62H97N3O17. The van der Waals surface area contributed by atoms with E-state index in [1.54, 1.807) is 45.9 Å². The molecule has 14 atom stereocenters. The van der Waals surface area contributed by atoms with Crippen LogP contribution in [0.4, 0.5) is 4.79 Å². The number of ketones is 3. The molecule has 2 bridgehead atoms. The van der Waals surface area contributed by atoms with Gasteiger partial charge in [0.25, 0.3) is 11.7 Å². The predicted molar refractivity (Wildman–Crippen MR) is 304 cm³/mol. The first-order valence-corrected chi connectivity index (χ1v) is 30.2. The van der Waals surface area contributed by atoms with Crippen molar-refractivity contribution in [2.45, 2.75) is 186 Å². The molecule has 0 spiro atoms. The van der Waals surface area contributed by atoms with Crippen molar-refractivity contribution in [3.05, 3.63) is 47.6 Å². The molecule has 82 heavy (non-hydrogen) atoms. The number of carbonyl (C=O) groups excluding carboxylic acids is 6. The Bertz CT molecular complexity index is 2230. The average Bonchev–Trinajstić information content (AvgIpc) is 3.28. The van der Waals surface area contributed by atoms with Crippen molar-refractivity contribution in [1.29, 1.82) is 0 Å². The second-order valence-corrected chi connectivity index (χ2v) is 23.9. The summed E-state index contributed by atoms with van der Waals surface area (Å²) in [5, 5.41) is 23.8. The molecule has 462 valence electrons. The molecule has 0 aromatic carbocycles. The van der Waals surface area contributed by atoms with Crippen LogP contribution in [0.25, 0.3) is 0 Å². The Balaban J connectivity index is 1.22. The zero-order chi connectivity index (χ0) is 59.5. The number of ether oxygens (including phenoxy) is 9. The first kappa shape index (κ1) is 66.9. The van der Waals surface area contributed by atoms with E-state index >= 15 is 0 Å². The van der Waals surface area contributed by atoms with Crippen LogP contribution >= 0.6 is 0 Å². The molecule has 2 amide bonds. The number of aliphatic hydroxyl groups is 2. The summed E-state index contributed by atoms with van der Waals surface area (Å²) in [5.74, 6) is -8.01. The van der Waals surface area contributed by atoms with Crippen LogP contribution in [0, 0.1) is 29.6 Å². The van der Waals surface area contributed by atoms with Crippen LogP contribution in [-0.2, 0) is 66.6 Å².